The number of halogens is 1. The molecule has 1 amide bonds. The van der Waals surface area contributed by atoms with Gasteiger partial charge in [-0.05, 0) is 26.4 Å². The number of hydrogen-bond acceptors (Lipinski definition) is 6. The van der Waals surface area contributed by atoms with Crippen LogP contribution in [0, 0.1) is 0 Å². The SMILES string of the molecule is CN1CCCC(N2CCN(CC(=O)Nc3cc4c(cc3Cl)OCCCO4)CC2)C1. The van der Waals surface area contributed by atoms with Crippen LogP contribution in [0.4, 0.5) is 5.69 Å². The molecule has 1 unspecified atom stereocenters. The summed E-state index contributed by atoms with van der Waals surface area (Å²) in [7, 11) is 2.21. The van der Waals surface area contributed by atoms with E-state index in [2.05, 4.69) is 27.1 Å². The van der Waals surface area contributed by atoms with Crippen molar-refractivity contribution in [2.75, 3.05) is 71.4 Å². The van der Waals surface area contributed by atoms with Crippen molar-refractivity contribution in [1.29, 1.82) is 0 Å². The van der Waals surface area contributed by atoms with E-state index in [1.807, 2.05) is 0 Å². The number of hydrogen-bond donors (Lipinski definition) is 1. The van der Waals surface area contributed by atoms with Crippen LogP contribution in [0.5, 0.6) is 11.5 Å². The van der Waals surface area contributed by atoms with E-state index in [0.29, 0.717) is 48.0 Å². The molecule has 3 heterocycles. The van der Waals surface area contributed by atoms with Crippen LogP contribution >= 0.6 is 11.6 Å². The Kier molecular flexibility index (Phi) is 6.80. The lowest BCUT2D eigenvalue weighted by atomic mass is 10.0. The number of fused-ring (bicyclic) bond motifs is 1. The highest BCUT2D eigenvalue weighted by atomic mass is 35.5. The van der Waals surface area contributed by atoms with Gasteiger partial charge in [0.15, 0.2) is 11.5 Å². The fraction of sp³-hybridized carbons (Fsp3) is 0.667. The summed E-state index contributed by atoms with van der Waals surface area (Å²) in [4.78, 5) is 19.8. The predicted molar refractivity (Wildman–Crippen MR) is 114 cm³/mol. The highest BCUT2D eigenvalue weighted by Crippen LogP contribution is 2.37. The smallest absolute Gasteiger partial charge is 0.238 e. The molecule has 0 aliphatic carbocycles. The van der Waals surface area contributed by atoms with E-state index < -0.39 is 0 Å². The van der Waals surface area contributed by atoms with Crippen LogP contribution in [-0.4, -0.2) is 92.7 Å². The molecule has 1 aromatic rings. The van der Waals surface area contributed by atoms with Gasteiger partial charge in [-0.1, -0.05) is 11.6 Å². The minimum Gasteiger partial charge on any atom is -0.490 e. The van der Waals surface area contributed by atoms with Crippen LogP contribution in [0.25, 0.3) is 0 Å². The molecule has 7 nitrogen and oxygen atoms in total. The van der Waals surface area contributed by atoms with Crippen LogP contribution in [0.2, 0.25) is 5.02 Å². The van der Waals surface area contributed by atoms with Crippen molar-refractivity contribution in [3.63, 3.8) is 0 Å². The number of piperazine rings is 1. The second-order valence-electron chi connectivity index (χ2n) is 8.25. The normalized spacial score (nSPS) is 24.1. The number of anilines is 1. The molecule has 4 rings (SSSR count). The minimum atomic E-state index is -0.0489. The lowest BCUT2D eigenvalue weighted by Gasteiger charge is -2.42. The van der Waals surface area contributed by atoms with Gasteiger partial charge in [-0.15, -0.1) is 0 Å². The second-order valence-corrected chi connectivity index (χ2v) is 8.66. The summed E-state index contributed by atoms with van der Waals surface area (Å²) < 4.78 is 11.3. The topological polar surface area (TPSA) is 57.3 Å². The Morgan fingerprint density at radius 3 is 2.55 bits per heavy atom. The molecule has 8 heteroatoms. The van der Waals surface area contributed by atoms with E-state index in [-0.39, 0.29) is 5.91 Å². The van der Waals surface area contributed by atoms with E-state index in [1.54, 1.807) is 12.1 Å². The highest BCUT2D eigenvalue weighted by molar-refractivity contribution is 6.34. The Hall–Kier alpha value is -1.54. The zero-order valence-corrected chi connectivity index (χ0v) is 17.9. The Labute approximate surface area is 177 Å². The predicted octanol–water partition coefficient (Wildman–Crippen LogP) is 2.15. The number of piperidine rings is 1. The van der Waals surface area contributed by atoms with Crippen molar-refractivity contribution in [2.45, 2.75) is 25.3 Å². The average molecular weight is 423 g/mol. The van der Waals surface area contributed by atoms with Gasteiger partial charge in [0.05, 0.1) is 30.5 Å². The third-order valence-corrected chi connectivity index (χ3v) is 6.31. The van der Waals surface area contributed by atoms with Gasteiger partial charge < -0.3 is 19.7 Å². The minimum absolute atomic E-state index is 0.0489. The van der Waals surface area contributed by atoms with Crippen LogP contribution < -0.4 is 14.8 Å². The molecule has 29 heavy (non-hydrogen) atoms. The molecule has 0 aromatic heterocycles. The quantitative estimate of drug-likeness (QED) is 0.802. The summed E-state index contributed by atoms with van der Waals surface area (Å²) >= 11 is 6.34. The first-order valence-corrected chi connectivity index (χ1v) is 11.0. The summed E-state index contributed by atoms with van der Waals surface area (Å²) in [6.45, 7) is 7.84. The Bertz CT molecular complexity index is 724. The first-order chi connectivity index (χ1) is 14.1. The summed E-state index contributed by atoms with van der Waals surface area (Å²) in [5.74, 6) is 1.22. The third kappa shape index (κ3) is 5.34. The van der Waals surface area contributed by atoms with Gasteiger partial charge >= 0.3 is 0 Å². The van der Waals surface area contributed by atoms with Crippen LogP contribution in [0.3, 0.4) is 0 Å². The molecule has 3 aliphatic heterocycles. The van der Waals surface area contributed by atoms with Crippen molar-refractivity contribution in [3.05, 3.63) is 17.2 Å². The molecule has 2 saturated heterocycles. The number of likely N-dealkylation sites (tertiary alicyclic amines) is 1. The molecule has 1 atom stereocenters. The Morgan fingerprint density at radius 2 is 1.83 bits per heavy atom. The maximum atomic E-state index is 12.6. The number of nitrogens with one attached hydrogen (secondary N) is 1. The van der Waals surface area contributed by atoms with Gasteiger partial charge in [-0.3, -0.25) is 14.6 Å². The molecular formula is C21H31ClN4O3. The molecule has 1 N–H and O–H groups in total. The maximum absolute atomic E-state index is 12.6. The summed E-state index contributed by atoms with van der Waals surface area (Å²) in [5.41, 5.74) is 0.574. The van der Waals surface area contributed by atoms with E-state index in [9.17, 15) is 4.79 Å². The van der Waals surface area contributed by atoms with E-state index in [0.717, 1.165) is 39.1 Å². The summed E-state index contributed by atoms with van der Waals surface area (Å²) in [6, 6.07) is 4.14. The molecule has 160 valence electrons. The third-order valence-electron chi connectivity index (χ3n) is 6.00. The monoisotopic (exact) mass is 422 g/mol. The number of benzene rings is 1. The molecule has 0 spiro atoms. The molecule has 0 radical (unpaired) electrons. The molecule has 2 fully saturated rings. The first kappa shape index (κ1) is 20.7. The van der Waals surface area contributed by atoms with Crippen LogP contribution in [0.1, 0.15) is 19.3 Å². The van der Waals surface area contributed by atoms with Crippen molar-refractivity contribution in [3.8, 4) is 11.5 Å². The highest BCUT2D eigenvalue weighted by Gasteiger charge is 2.27. The van der Waals surface area contributed by atoms with E-state index >= 15 is 0 Å². The van der Waals surface area contributed by atoms with Crippen molar-refractivity contribution >= 4 is 23.2 Å². The molecular weight excluding hydrogens is 392 g/mol. The van der Waals surface area contributed by atoms with Crippen LogP contribution in [-0.2, 0) is 4.79 Å². The zero-order valence-electron chi connectivity index (χ0n) is 17.2. The van der Waals surface area contributed by atoms with Gasteiger partial charge in [0, 0.05) is 57.3 Å². The summed E-state index contributed by atoms with van der Waals surface area (Å²) in [5, 5.41) is 3.41. The van der Waals surface area contributed by atoms with Crippen molar-refractivity contribution < 1.29 is 14.3 Å². The van der Waals surface area contributed by atoms with Crippen molar-refractivity contribution in [1.82, 2.24) is 14.7 Å². The summed E-state index contributed by atoms with van der Waals surface area (Å²) in [6.07, 6.45) is 3.39. The fourth-order valence-electron chi connectivity index (χ4n) is 4.40. The van der Waals surface area contributed by atoms with Gasteiger partial charge in [-0.25, -0.2) is 0 Å². The number of carbonyl (C=O) groups is 1. The van der Waals surface area contributed by atoms with Crippen molar-refractivity contribution in [2.24, 2.45) is 0 Å². The largest absolute Gasteiger partial charge is 0.490 e. The maximum Gasteiger partial charge on any atom is 0.238 e. The van der Waals surface area contributed by atoms with E-state index in [4.69, 9.17) is 21.1 Å². The number of nitrogens with zero attached hydrogens (tertiary/aromatic N) is 3. The lowest BCUT2D eigenvalue weighted by Crippen LogP contribution is -2.55. The average Bonchev–Trinajstić information content (AvgIpc) is 2.94. The fourth-order valence-corrected chi connectivity index (χ4v) is 4.60. The molecule has 0 saturated carbocycles. The number of carbonyl (C=O) groups excluding carboxylic acids is 1. The molecule has 3 aliphatic rings. The van der Waals surface area contributed by atoms with E-state index in [1.165, 1.54) is 19.4 Å². The molecule has 1 aromatic carbocycles. The Balaban J connectivity index is 1.28. The lowest BCUT2D eigenvalue weighted by molar-refractivity contribution is -0.117. The van der Waals surface area contributed by atoms with Gasteiger partial charge in [0.2, 0.25) is 5.91 Å². The Morgan fingerprint density at radius 1 is 1.10 bits per heavy atom. The zero-order chi connectivity index (χ0) is 20.2. The molecule has 0 bridgehead atoms. The number of amides is 1. The number of ether oxygens (including phenoxy) is 2. The first-order valence-electron chi connectivity index (χ1n) is 10.6. The van der Waals surface area contributed by atoms with Gasteiger partial charge in [-0.2, -0.15) is 0 Å². The standard InChI is InChI=1S/C21H31ClN4O3/c1-24-5-2-4-16(14-24)26-8-6-25(7-9-26)15-21(27)23-18-13-20-19(12-17(18)22)28-10-3-11-29-20/h12-13,16H,2-11,14-15H2,1H3,(H,23,27). The number of likely N-dealkylation sites (N-methyl/N-ethyl adjacent to an activating group) is 1. The van der Waals surface area contributed by atoms with Gasteiger partial charge in [0.1, 0.15) is 0 Å². The second kappa shape index (κ2) is 9.51. The number of rotatable bonds is 4. The van der Waals surface area contributed by atoms with Crippen LogP contribution in [0.15, 0.2) is 12.1 Å². The van der Waals surface area contributed by atoms with Gasteiger partial charge in [0.25, 0.3) is 0 Å².